The predicted octanol–water partition coefficient (Wildman–Crippen LogP) is 1.42. The van der Waals surface area contributed by atoms with E-state index in [1.165, 1.54) is 15.8 Å². The average Bonchev–Trinajstić information content (AvgIpc) is 3.57. The first-order valence-corrected chi connectivity index (χ1v) is 11.8. The Labute approximate surface area is 202 Å². The van der Waals surface area contributed by atoms with Gasteiger partial charge in [-0.3, -0.25) is 9.36 Å². The van der Waals surface area contributed by atoms with Crippen molar-refractivity contribution in [3.05, 3.63) is 18.6 Å². The van der Waals surface area contributed by atoms with Crippen LogP contribution in [-0.2, 0) is 4.79 Å². The molecule has 184 valence electrons. The maximum absolute atomic E-state index is 13.4. The van der Waals surface area contributed by atoms with E-state index in [2.05, 4.69) is 16.9 Å². The van der Waals surface area contributed by atoms with E-state index < -0.39 is 6.09 Å². The van der Waals surface area contributed by atoms with Gasteiger partial charge in [-0.05, 0) is 24.8 Å². The van der Waals surface area contributed by atoms with Gasteiger partial charge < -0.3 is 24.7 Å². The SMILES string of the molecule is C[C@@H]1CCN(C(=O)CC#N)C[C@@H]1N(C)c1ncnc2c1ccn2C(=O)N1C[C@@H]2C[C@H]1CN2C(=O)O. The number of likely N-dealkylation sites (N-methyl/N-ethyl adjacent to an activating group) is 1. The highest BCUT2D eigenvalue weighted by atomic mass is 16.4. The van der Waals surface area contributed by atoms with E-state index in [0.717, 1.165) is 11.8 Å². The van der Waals surface area contributed by atoms with Crippen LogP contribution < -0.4 is 4.90 Å². The molecule has 5 heterocycles. The normalized spacial score (nSPS) is 25.7. The van der Waals surface area contributed by atoms with Crippen LogP contribution in [0.5, 0.6) is 0 Å². The van der Waals surface area contributed by atoms with Crippen LogP contribution >= 0.6 is 0 Å². The number of aromatic nitrogens is 3. The van der Waals surface area contributed by atoms with Crippen molar-refractivity contribution < 1.29 is 19.5 Å². The van der Waals surface area contributed by atoms with E-state index in [1.54, 1.807) is 16.0 Å². The Bertz CT molecular complexity index is 1220. The molecule has 3 aliphatic heterocycles. The number of nitriles is 1. The molecule has 1 N–H and O–H groups in total. The molecule has 5 rings (SSSR count). The fraction of sp³-hybridized carbons (Fsp3) is 0.565. The molecule has 35 heavy (non-hydrogen) atoms. The lowest BCUT2D eigenvalue weighted by atomic mass is 9.92. The zero-order chi connectivity index (χ0) is 24.9. The monoisotopic (exact) mass is 480 g/mol. The van der Waals surface area contributed by atoms with Gasteiger partial charge in [-0.1, -0.05) is 6.92 Å². The Kier molecular flexibility index (Phi) is 5.70. The summed E-state index contributed by atoms with van der Waals surface area (Å²) in [4.78, 5) is 52.9. The number of carbonyl (C=O) groups is 3. The summed E-state index contributed by atoms with van der Waals surface area (Å²) in [5.41, 5.74) is 0.491. The van der Waals surface area contributed by atoms with Gasteiger partial charge in [-0.2, -0.15) is 5.26 Å². The van der Waals surface area contributed by atoms with Crippen LogP contribution in [0.25, 0.3) is 11.0 Å². The Morgan fingerprint density at radius 1 is 1.20 bits per heavy atom. The van der Waals surface area contributed by atoms with Crippen LogP contribution in [0.3, 0.4) is 0 Å². The van der Waals surface area contributed by atoms with E-state index in [-0.39, 0.29) is 36.5 Å². The maximum Gasteiger partial charge on any atom is 0.407 e. The first-order valence-electron chi connectivity index (χ1n) is 11.8. The molecule has 0 unspecified atom stereocenters. The molecular formula is C23H28N8O4. The number of anilines is 1. The molecule has 2 bridgehead atoms. The highest BCUT2D eigenvalue weighted by Crippen LogP contribution is 2.33. The number of hydrogen-bond acceptors (Lipinski definition) is 7. The van der Waals surface area contributed by atoms with Crippen molar-refractivity contribution in [2.45, 2.75) is 44.3 Å². The molecule has 0 radical (unpaired) electrons. The minimum Gasteiger partial charge on any atom is -0.465 e. The minimum atomic E-state index is -0.943. The number of piperazine rings is 1. The van der Waals surface area contributed by atoms with Gasteiger partial charge in [0.15, 0.2) is 5.65 Å². The van der Waals surface area contributed by atoms with Gasteiger partial charge in [0, 0.05) is 39.4 Å². The second kappa shape index (κ2) is 8.72. The Hall–Kier alpha value is -3.88. The van der Waals surface area contributed by atoms with Crippen molar-refractivity contribution in [2.24, 2.45) is 5.92 Å². The van der Waals surface area contributed by atoms with Crippen molar-refractivity contribution in [1.29, 1.82) is 5.26 Å². The van der Waals surface area contributed by atoms with Gasteiger partial charge in [0.1, 0.15) is 18.6 Å². The lowest BCUT2D eigenvalue weighted by Crippen LogP contribution is -2.52. The molecule has 12 nitrogen and oxygen atoms in total. The molecule has 3 fully saturated rings. The standard InChI is InChI=1S/C23H28N8O4/c1-14-4-7-28(19(32)3-6-24)12-18(14)27(2)20-17-5-8-29(21(17)26-13-25-20)22(33)30-10-16-9-15(30)11-31(16)23(34)35/h5,8,13-16,18H,3-4,7,9-12H2,1-2H3,(H,34,35)/t14-,15+,16+,18+/m1/s1. The quantitative estimate of drug-likeness (QED) is 0.696. The maximum atomic E-state index is 13.4. The first-order chi connectivity index (χ1) is 16.8. The van der Waals surface area contributed by atoms with E-state index in [0.29, 0.717) is 50.0 Å². The molecule has 0 aromatic carbocycles. The van der Waals surface area contributed by atoms with Gasteiger partial charge in [0.05, 0.1) is 29.6 Å². The number of nitrogens with zero attached hydrogens (tertiary/aromatic N) is 8. The fourth-order valence-corrected chi connectivity index (χ4v) is 5.76. The summed E-state index contributed by atoms with van der Waals surface area (Å²) in [6.07, 6.45) is 3.53. The number of carbonyl (C=O) groups excluding carboxylic acids is 2. The van der Waals surface area contributed by atoms with Crippen LogP contribution in [0.2, 0.25) is 0 Å². The van der Waals surface area contributed by atoms with Crippen LogP contribution in [0.15, 0.2) is 18.6 Å². The average molecular weight is 481 g/mol. The van der Waals surface area contributed by atoms with E-state index in [1.807, 2.05) is 24.1 Å². The predicted molar refractivity (Wildman–Crippen MR) is 125 cm³/mol. The third-order valence-electron chi connectivity index (χ3n) is 7.73. The number of likely N-dealkylation sites (tertiary alicyclic amines) is 3. The Balaban J connectivity index is 1.38. The van der Waals surface area contributed by atoms with E-state index >= 15 is 0 Å². The summed E-state index contributed by atoms with van der Waals surface area (Å²) >= 11 is 0. The number of piperidine rings is 1. The second-order valence-electron chi connectivity index (χ2n) is 9.65. The number of amides is 3. The third-order valence-corrected chi connectivity index (χ3v) is 7.73. The third kappa shape index (κ3) is 3.80. The van der Waals surface area contributed by atoms with Gasteiger partial charge >= 0.3 is 12.1 Å². The lowest BCUT2D eigenvalue weighted by molar-refractivity contribution is -0.131. The highest BCUT2D eigenvalue weighted by Gasteiger charge is 2.47. The molecule has 2 aromatic heterocycles. The van der Waals surface area contributed by atoms with Crippen LogP contribution in [0, 0.1) is 17.2 Å². The molecule has 4 atom stereocenters. The summed E-state index contributed by atoms with van der Waals surface area (Å²) in [7, 11) is 1.93. The summed E-state index contributed by atoms with van der Waals surface area (Å²) in [5, 5.41) is 19.0. The molecule has 0 aliphatic carbocycles. The smallest absolute Gasteiger partial charge is 0.407 e. The molecule has 12 heteroatoms. The van der Waals surface area contributed by atoms with Gasteiger partial charge in [0.2, 0.25) is 5.91 Å². The molecule has 3 saturated heterocycles. The summed E-state index contributed by atoms with van der Waals surface area (Å²) in [6.45, 7) is 3.98. The van der Waals surface area contributed by atoms with E-state index in [9.17, 15) is 19.5 Å². The van der Waals surface area contributed by atoms with Crippen LogP contribution in [-0.4, -0.2) is 104 Å². The van der Waals surface area contributed by atoms with Gasteiger partial charge in [-0.25, -0.2) is 19.6 Å². The van der Waals surface area contributed by atoms with Crippen molar-refractivity contribution in [3.8, 4) is 6.07 Å². The lowest BCUT2D eigenvalue weighted by Gasteiger charge is -2.42. The summed E-state index contributed by atoms with van der Waals surface area (Å²) < 4.78 is 1.51. The number of fused-ring (bicyclic) bond motifs is 3. The number of carboxylic acid groups (broad SMARTS) is 1. The molecule has 2 aromatic rings. The van der Waals surface area contributed by atoms with Crippen molar-refractivity contribution in [3.63, 3.8) is 0 Å². The Morgan fingerprint density at radius 2 is 1.94 bits per heavy atom. The first kappa shape index (κ1) is 22.9. The van der Waals surface area contributed by atoms with Gasteiger partial charge in [-0.15, -0.1) is 0 Å². The Morgan fingerprint density at radius 3 is 2.63 bits per heavy atom. The fourth-order valence-electron chi connectivity index (χ4n) is 5.76. The van der Waals surface area contributed by atoms with Crippen molar-refractivity contribution >= 4 is 34.9 Å². The topological polar surface area (TPSA) is 139 Å². The van der Waals surface area contributed by atoms with Crippen LogP contribution in [0.1, 0.15) is 26.2 Å². The highest BCUT2D eigenvalue weighted by molar-refractivity contribution is 5.95. The van der Waals surface area contributed by atoms with Crippen molar-refractivity contribution in [2.75, 3.05) is 38.1 Å². The van der Waals surface area contributed by atoms with Crippen LogP contribution in [0.4, 0.5) is 15.4 Å². The largest absolute Gasteiger partial charge is 0.465 e. The zero-order valence-electron chi connectivity index (χ0n) is 19.7. The second-order valence-corrected chi connectivity index (χ2v) is 9.65. The summed E-state index contributed by atoms with van der Waals surface area (Å²) in [6, 6.07) is 3.24. The molecule has 0 saturated carbocycles. The molecule has 3 amide bonds. The number of hydrogen-bond donors (Lipinski definition) is 1. The number of rotatable bonds is 3. The van der Waals surface area contributed by atoms with Gasteiger partial charge in [0.25, 0.3) is 0 Å². The minimum absolute atomic E-state index is 0.000127. The van der Waals surface area contributed by atoms with E-state index in [4.69, 9.17) is 5.26 Å². The molecule has 0 spiro atoms. The van der Waals surface area contributed by atoms with Crippen molar-refractivity contribution in [1.82, 2.24) is 29.2 Å². The molecule has 3 aliphatic rings. The zero-order valence-corrected chi connectivity index (χ0v) is 19.7. The summed E-state index contributed by atoms with van der Waals surface area (Å²) in [5.74, 6) is 0.814. The molecular weight excluding hydrogens is 452 g/mol.